The quantitative estimate of drug-likeness (QED) is 0.878. The Labute approximate surface area is 127 Å². The van der Waals surface area contributed by atoms with E-state index in [1.807, 2.05) is 13.8 Å². The lowest BCUT2D eigenvalue weighted by Crippen LogP contribution is -2.39. The number of nitrogens with zero attached hydrogens (tertiary/aromatic N) is 1. The highest BCUT2D eigenvalue weighted by Gasteiger charge is 2.46. The summed E-state index contributed by atoms with van der Waals surface area (Å²) in [5.41, 5.74) is 0.581. The molecule has 1 aromatic carbocycles. The normalized spacial score (nSPS) is 20.0. The molecule has 0 spiro atoms. The minimum Gasteiger partial charge on any atom is -0.480 e. The van der Waals surface area contributed by atoms with Crippen molar-refractivity contribution in [2.45, 2.75) is 26.2 Å². The number of carboxylic acid groups (broad SMARTS) is 1. The molecule has 1 aliphatic rings. The van der Waals surface area contributed by atoms with E-state index < -0.39 is 17.6 Å². The first-order valence-electron chi connectivity index (χ1n) is 7.25. The monoisotopic (exact) mass is 311 g/mol. The van der Waals surface area contributed by atoms with E-state index in [0.29, 0.717) is 18.5 Å². The number of carboxylic acids is 1. The summed E-state index contributed by atoms with van der Waals surface area (Å²) in [6.45, 7) is 3.84. The summed E-state index contributed by atoms with van der Waals surface area (Å²) in [5.74, 6) is -3.48. The zero-order valence-electron chi connectivity index (χ0n) is 12.6. The maximum Gasteiger partial charge on any atom is 0.323 e. The van der Waals surface area contributed by atoms with Crippen LogP contribution in [-0.4, -0.2) is 35.0 Å². The number of halogens is 2. The van der Waals surface area contributed by atoms with Gasteiger partial charge in [-0.05, 0) is 36.0 Å². The van der Waals surface area contributed by atoms with Gasteiger partial charge in [0, 0.05) is 12.5 Å². The molecular formula is C16H19F2NO3. The summed E-state index contributed by atoms with van der Waals surface area (Å²) in [7, 11) is 0. The van der Waals surface area contributed by atoms with Gasteiger partial charge in [0.05, 0.1) is 0 Å². The molecule has 22 heavy (non-hydrogen) atoms. The molecule has 6 heteroatoms. The van der Waals surface area contributed by atoms with Gasteiger partial charge in [0.25, 0.3) is 0 Å². The van der Waals surface area contributed by atoms with Crippen LogP contribution in [0, 0.1) is 23.5 Å². The van der Waals surface area contributed by atoms with Gasteiger partial charge in [-0.3, -0.25) is 9.59 Å². The third-order valence-electron chi connectivity index (χ3n) is 3.70. The summed E-state index contributed by atoms with van der Waals surface area (Å²) in [5, 5.41) is 8.91. The minimum absolute atomic E-state index is 0.156. The molecular weight excluding hydrogens is 292 g/mol. The molecule has 0 bridgehead atoms. The van der Waals surface area contributed by atoms with Gasteiger partial charge in [0.2, 0.25) is 5.91 Å². The molecule has 1 aliphatic carbocycles. The number of aliphatic carboxylic acids is 1. The number of carbonyl (C=O) groups is 2. The first-order chi connectivity index (χ1) is 10.3. The Balaban J connectivity index is 2.06. The van der Waals surface area contributed by atoms with Crippen molar-refractivity contribution < 1.29 is 23.5 Å². The average Bonchev–Trinajstić information content (AvgIpc) is 3.19. The molecule has 1 N–H and O–H groups in total. The predicted octanol–water partition coefficient (Wildman–Crippen LogP) is 2.64. The molecule has 4 nitrogen and oxygen atoms in total. The molecule has 120 valence electrons. The van der Waals surface area contributed by atoms with Crippen LogP contribution >= 0.6 is 0 Å². The van der Waals surface area contributed by atoms with Crippen LogP contribution in [0.3, 0.4) is 0 Å². The number of hydrogen-bond donors (Lipinski definition) is 1. The Morgan fingerprint density at radius 2 is 2.00 bits per heavy atom. The molecule has 1 amide bonds. The summed E-state index contributed by atoms with van der Waals surface area (Å²) in [4.78, 5) is 24.6. The van der Waals surface area contributed by atoms with Crippen molar-refractivity contribution in [2.24, 2.45) is 11.8 Å². The van der Waals surface area contributed by atoms with Crippen molar-refractivity contribution in [1.82, 2.24) is 4.90 Å². The van der Waals surface area contributed by atoms with Crippen LogP contribution in [0.25, 0.3) is 0 Å². The lowest BCUT2D eigenvalue weighted by molar-refractivity contribution is -0.145. The molecule has 0 radical (unpaired) electrons. The molecule has 0 saturated heterocycles. The van der Waals surface area contributed by atoms with E-state index in [0.717, 1.165) is 12.1 Å². The number of amides is 1. The molecule has 2 atom stereocenters. The highest BCUT2D eigenvalue weighted by molar-refractivity contribution is 5.86. The highest BCUT2D eigenvalue weighted by Crippen LogP contribution is 2.48. The van der Waals surface area contributed by atoms with Gasteiger partial charge in [-0.25, -0.2) is 8.78 Å². The molecule has 1 aromatic rings. The molecule has 2 rings (SSSR count). The van der Waals surface area contributed by atoms with Crippen LogP contribution in [0.1, 0.15) is 31.7 Å². The van der Waals surface area contributed by atoms with Crippen LogP contribution in [-0.2, 0) is 9.59 Å². The Morgan fingerprint density at radius 1 is 1.32 bits per heavy atom. The first kappa shape index (κ1) is 16.4. The van der Waals surface area contributed by atoms with Crippen LogP contribution in [0.4, 0.5) is 8.78 Å². The third-order valence-corrected chi connectivity index (χ3v) is 3.70. The summed E-state index contributed by atoms with van der Waals surface area (Å²) >= 11 is 0. The third kappa shape index (κ3) is 3.81. The minimum atomic E-state index is -1.06. The number of carbonyl (C=O) groups excluding carboxylic acids is 1. The second-order valence-corrected chi connectivity index (χ2v) is 6.13. The Kier molecular flexibility index (Phi) is 4.78. The smallest absolute Gasteiger partial charge is 0.323 e. The Bertz CT molecular complexity index is 589. The van der Waals surface area contributed by atoms with Gasteiger partial charge in [-0.1, -0.05) is 19.9 Å². The van der Waals surface area contributed by atoms with E-state index in [4.69, 9.17) is 5.11 Å². The van der Waals surface area contributed by atoms with Gasteiger partial charge >= 0.3 is 5.97 Å². The zero-order chi connectivity index (χ0) is 16.4. The van der Waals surface area contributed by atoms with E-state index in [1.54, 1.807) is 0 Å². The molecule has 2 unspecified atom stereocenters. The second-order valence-electron chi connectivity index (χ2n) is 6.13. The van der Waals surface area contributed by atoms with Crippen molar-refractivity contribution >= 4 is 11.9 Å². The standard InChI is InChI=1S/C16H19F2NO3/c1-9(2)7-19(8-15(20)21)16(22)12-6-11(12)10-3-4-13(17)14(18)5-10/h3-5,9,11-12H,6-8H2,1-2H3,(H,20,21). The summed E-state index contributed by atoms with van der Waals surface area (Å²) < 4.78 is 26.2. The summed E-state index contributed by atoms with van der Waals surface area (Å²) in [6.07, 6.45) is 0.540. The van der Waals surface area contributed by atoms with E-state index in [9.17, 15) is 18.4 Å². The SMILES string of the molecule is CC(C)CN(CC(=O)O)C(=O)C1CC1c1ccc(F)c(F)c1. The van der Waals surface area contributed by atoms with E-state index in [1.165, 1.54) is 11.0 Å². The number of rotatable bonds is 6. The maximum absolute atomic E-state index is 13.3. The van der Waals surface area contributed by atoms with Crippen molar-refractivity contribution in [1.29, 1.82) is 0 Å². The van der Waals surface area contributed by atoms with Gasteiger partial charge in [0.15, 0.2) is 11.6 Å². The van der Waals surface area contributed by atoms with Gasteiger partial charge in [0.1, 0.15) is 6.54 Å². The average molecular weight is 311 g/mol. The fourth-order valence-corrected chi connectivity index (χ4v) is 2.65. The molecule has 1 fully saturated rings. The van der Waals surface area contributed by atoms with Crippen molar-refractivity contribution in [3.63, 3.8) is 0 Å². The molecule has 0 aromatic heterocycles. The fraction of sp³-hybridized carbons (Fsp3) is 0.500. The largest absolute Gasteiger partial charge is 0.480 e. The highest BCUT2D eigenvalue weighted by atomic mass is 19.2. The number of benzene rings is 1. The van der Waals surface area contributed by atoms with Crippen LogP contribution in [0.15, 0.2) is 18.2 Å². The van der Waals surface area contributed by atoms with Crippen molar-refractivity contribution in [3.8, 4) is 0 Å². The predicted molar refractivity (Wildman–Crippen MR) is 76.3 cm³/mol. The topological polar surface area (TPSA) is 57.6 Å². The van der Waals surface area contributed by atoms with E-state index >= 15 is 0 Å². The lowest BCUT2D eigenvalue weighted by atomic mass is 10.1. The van der Waals surface area contributed by atoms with Gasteiger partial charge < -0.3 is 10.0 Å². The van der Waals surface area contributed by atoms with Gasteiger partial charge in [-0.15, -0.1) is 0 Å². The summed E-state index contributed by atoms with van der Waals surface area (Å²) in [6, 6.07) is 3.63. The van der Waals surface area contributed by atoms with Crippen LogP contribution in [0.5, 0.6) is 0 Å². The molecule has 0 heterocycles. The maximum atomic E-state index is 13.3. The van der Waals surface area contributed by atoms with E-state index in [-0.39, 0.29) is 30.2 Å². The fourth-order valence-electron chi connectivity index (χ4n) is 2.65. The Hall–Kier alpha value is -1.98. The van der Waals surface area contributed by atoms with Crippen molar-refractivity contribution in [2.75, 3.05) is 13.1 Å². The van der Waals surface area contributed by atoms with Crippen LogP contribution < -0.4 is 0 Å². The lowest BCUT2D eigenvalue weighted by Gasteiger charge is -2.23. The Morgan fingerprint density at radius 3 is 2.55 bits per heavy atom. The first-order valence-corrected chi connectivity index (χ1v) is 7.25. The van der Waals surface area contributed by atoms with E-state index in [2.05, 4.69) is 0 Å². The zero-order valence-corrected chi connectivity index (χ0v) is 12.6. The second kappa shape index (κ2) is 6.42. The van der Waals surface area contributed by atoms with Crippen molar-refractivity contribution in [3.05, 3.63) is 35.4 Å². The number of hydrogen-bond acceptors (Lipinski definition) is 2. The van der Waals surface area contributed by atoms with Crippen LogP contribution in [0.2, 0.25) is 0 Å². The van der Waals surface area contributed by atoms with Gasteiger partial charge in [-0.2, -0.15) is 0 Å². The molecule has 1 saturated carbocycles. The molecule has 0 aliphatic heterocycles.